The van der Waals surface area contributed by atoms with Crippen LogP contribution >= 0.6 is 0 Å². The summed E-state index contributed by atoms with van der Waals surface area (Å²) >= 11 is 0. The zero-order chi connectivity index (χ0) is 21.2. The molecule has 1 aromatic heterocycles. The number of pyridine rings is 1. The van der Waals surface area contributed by atoms with Gasteiger partial charge in [-0.15, -0.1) is 0 Å². The minimum Gasteiger partial charge on any atom is -0.334 e. The Morgan fingerprint density at radius 1 is 0.968 bits per heavy atom. The van der Waals surface area contributed by atoms with Crippen LogP contribution in [-0.2, 0) is 19.4 Å². The lowest BCUT2D eigenvalue weighted by molar-refractivity contribution is 0.0780. The van der Waals surface area contributed by atoms with Crippen molar-refractivity contribution in [1.82, 2.24) is 9.88 Å². The summed E-state index contributed by atoms with van der Waals surface area (Å²) in [6.45, 7) is 1.25. The molecule has 2 heterocycles. The van der Waals surface area contributed by atoms with Crippen LogP contribution in [0.2, 0.25) is 0 Å². The van der Waals surface area contributed by atoms with Crippen molar-refractivity contribution in [2.24, 2.45) is 0 Å². The second-order valence-electron chi connectivity index (χ2n) is 7.85. The fourth-order valence-electron chi connectivity index (χ4n) is 4.28. The molecule has 1 aliphatic heterocycles. The molecule has 5 rings (SSSR count). The standard InChI is InChI=1S/C27H21N3O/c28-15-13-19-5-3-7-21(17-19)24-9-4-8-22-18-30(27(31)26(22)24)16-14-23-12-11-20-6-1-2-10-25(20)29-23/h1-12,17H,13-14,16,18H2. The van der Waals surface area contributed by atoms with Crippen LogP contribution in [0.25, 0.3) is 22.0 Å². The van der Waals surface area contributed by atoms with E-state index >= 15 is 0 Å². The summed E-state index contributed by atoms with van der Waals surface area (Å²) in [5.41, 5.74) is 6.69. The Morgan fingerprint density at radius 2 is 1.84 bits per heavy atom. The Hall–Kier alpha value is -3.97. The molecule has 4 nitrogen and oxygen atoms in total. The van der Waals surface area contributed by atoms with Crippen molar-refractivity contribution in [3.05, 3.63) is 101 Å². The van der Waals surface area contributed by atoms with Gasteiger partial charge in [0.25, 0.3) is 5.91 Å². The van der Waals surface area contributed by atoms with E-state index in [0.29, 0.717) is 19.5 Å². The highest BCUT2D eigenvalue weighted by Crippen LogP contribution is 2.33. The van der Waals surface area contributed by atoms with Crippen molar-refractivity contribution in [3.63, 3.8) is 0 Å². The number of carbonyl (C=O) groups is 1. The molecule has 4 heteroatoms. The van der Waals surface area contributed by atoms with Crippen LogP contribution in [0.15, 0.2) is 78.9 Å². The maximum absolute atomic E-state index is 13.3. The average molecular weight is 403 g/mol. The van der Waals surface area contributed by atoms with E-state index < -0.39 is 0 Å². The number of amides is 1. The Kier molecular flexibility index (Phi) is 4.93. The molecule has 0 bridgehead atoms. The molecule has 0 fully saturated rings. The monoisotopic (exact) mass is 403 g/mol. The Morgan fingerprint density at radius 3 is 2.74 bits per heavy atom. The molecule has 31 heavy (non-hydrogen) atoms. The predicted octanol–water partition coefficient (Wildman–Crippen LogP) is 5.17. The number of aromatic nitrogens is 1. The number of benzene rings is 3. The Bertz CT molecular complexity index is 1340. The molecule has 4 aromatic rings. The molecule has 0 atom stereocenters. The van der Waals surface area contributed by atoms with Gasteiger partial charge in [-0.25, -0.2) is 0 Å². The van der Waals surface area contributed by atoms with Gasteiger partial charge >= 0.3 is 0 Å². The number of nitrogens with zero attached hydrogens (tertiary/aromatic N) is 3. The summed E-state index contributed by atoms with van der Waals surface area (Å²) < 4.78 is 0. The first-order chi connectivity index (χ1) is 15.2. The first kappa shape index (κ1) is 19.0. The van der Waals surface area contributed by atoms with E-state index in [1.165, 1.54) is 0 Å². The minimum atomic E-state index is 0.0667. The highest BCUT2D eigenvalue weighted by atomic mass is 16.2. The third-order valence-corrected chi connectivity index (χ3v) is 5.83. The molecule has 0 unspecified atom stereocenters. The molecule has 0 aliphatic carbocycles. The summed E-state index contributed by atoms with van der Waals surface area (Å²) in [4.78, 5) is 19.9. The number of fused-ring (bicyclic) bond motifs is 2. The summed E-state index contributed by atoms with van der Waals surface area (Å²) in [6.07, 6.45) is 1.08. The van der Waals surface area contributed by atoms with Crippen LogP contribution in [0.3, 0.4) is 0 Å². The van der Waals surface area contributed by atoms with Gasteiger partial charge in [0.05, 0.1) is 23.6 Å². The van der Waals surface area contributed by atoms with Gasteiger partial charge < -0.3 is 4.90 Å². The van der Waals surface area contributed by atoms with E-state index in [1.54, 1.807) is 0 Å². The largest absolute Gasteiger partial charge is 0.334 e. The topological polar surface area (TPSA) is 57.0 Å². The van der Waals surface area contributed by atoms with Crippen LogP contribution in [-0.4, -0.2) is 22.3 Å². The summed E-state index contributed by atoms with van der Waals surface area (Å²) in [7, 11) is 0. The van der Waals surface area contributed by atoms with Gasteiger partial charge in [-0.3, -0.25) is 9.78 Å². The average Bonchev–Trinajstić information content (AvgIpc) is 3.13. The number of hydrogen-bond donors (Lipinski definition) is 0. The third kappa shape index (κ3) is 3.67. The molecular formula is C27H21N3O. The second-order valence-corrected chi connectivity index (χ2v) is 7.85. The number of para-hydroxylation sites is 1. The molecule has 0 radical (unpaired) electrons. The smallest absolute Gasteiger partial charge is 0.255 e. The molecule has 1 aliphatic rings. The van der Waals surface area contributed by atoms with E-state index in [9.17, 15) is 4.79 Å². The maximum atomic E-state index is 13.3. The Labute approximate surface area is 181 Å². The maximum Gasteiger partial charge on any atom is 0.255 e. The van der Waals surface area contributed by atoms with Gasteiger partial charge in [0.2, 0.25) is 0 Å². The van der Waals surface area contributed by atoms with Crippen LogP contribution in [0, 0.1) is 11.3 Å². The Balaban J connectivity index is 1.38. The van der Waals surface area contributed by atoms with Gasteiger partial charge in [-0.1, -0.05) is 66.7 Å². The SMILES string of the molecule is N#CCc1cccc(-c2cccc3c2C(=O)N(CCc2ccc4ccccc4n2)C3)c1. The normalized spacial score (nSPS) is 12.7. The van der Waals surface area contributed by atoms with Crippen molar-refractivity contribution < 1.29 is 4.79 Å². The van der Waals surface area contributed by atoms with Gasteiger partial charge in [0.1, 0.15) is 0 Å². The van der Waals surface area contributed by atoms with Gasteiger partial charge in [-0.05, 0) is 34.4 Å². The zero-order valence-electron chi connectivity index (χ0n) is 17.1. The second kappa shape index (κ2) is 8.04. The molecule has 150 valence electrons. The zero-order valence-corrected chi connectivity index (χ0v) is 17.1. The minimum absolute atomic E-state index is 0.0667. The van der Waals surface area contributed by atoms with E-state index in [1.807, 2.05) is 71.6 Å². The van der Waals surface area contributed by atoms with Crippen molar-refractivity contribution in [2.75, 3.05) is 6.54 Å². The van der Waals surface area contributed by atoms with Crippen molar-refractivity contribution in [1.29, 1.82) is 5.26 Å². The van der Waals surface area contributed by atoms with E-state index in [2.05, 4.69) is 18.2 Å². The predicted molar refractivity (Wildman–Crippen MR) is 121 cm³/mol. The number of nitriles is 1. The lowest BCUT2D eigenvalue weighted by atomic mass is 9.95. The van der Waals surface area contributed by atoms with Crippen LogP contribution in [0.1, 0.15) is 27.2 Å². The molecule has 0 N–H and O–H groups in total. The quantitative estimate of drug-likeness (QED) is 0.462. The van der Waals surface area contributed by atoms with Crippen molar-refractivity contribution in [3.8, 4) is 17.2 Å². The first-order valence-electron chi connectivity index (χ1n) is 10.4. The molecule has 1 amide bonds. The fourth-order valence-corrected chi connectivity index (χ4v) is 4.28. The van der Waals surface area contributed by atoms with Gasteiger partial charge in [0.15, 0.2) is 0 Å². The first-order valence-corrected chi connectivity index (χ1v) is 10.4. The molecule has 0 saturated carbocycles. The lowest BCUT2D eigenvalue weighted by Crippen LogP contribution is -2.26. The van der Waals surface area contributed by atoms with E-state index in [-0.39, 0.29) is 5.91 Å². The third-order valence-electron chi connectivity index (χ3n) is 5.83. The summed E-state index contributed by atoms with van der Waals surface area (Å²) in [5.74, 6) is 0.0667. The van der Waals surface area contributed by atoms with Crippen molar-refractivity contribution >= 4 is 16.8 Å². The summed E-state index contributed by atoms with van der Waals surface area (Å²) in [6, 6.07) is 28.3. The fraction of sp³-hybridized carbons (Fsp3) is 0.148. The van der Waals surface area contributed by atoms with Gasteiger partial charge in [-0.2, -0.15) is 5.26 Å². The molecule has 3 aromatic carbocycles. The highest BCUT2D eigenvalue weighted by molar-refractivity contribution is 6.04. The van der Waals surface area contributed by atoms with Crippen LogP contribution in [0.4, 0.5) is 0 Å². The molecular weight excluding hydrogens is 382 g/mol. The van der Waals surface area contributed by atoms with E-state index in [0.717, 1.165) is 50.8 Å². The number of hydrogen-bond acceptors (Lipinski definition) is 3. The molecule has 0 spiro atoms. The van der Waals surface area contributed by atoms with E-state index in [4.69, 9.17) is 10.2 Å². The number of carbonyl (C=O) groups excluding carboxylic acids is 1. The lowest BCUT2D eigenvalue weighted by Gasteiger charge is -2.15. The molecule has 0 saturated heterocycles. The highest BCUT2D eigenvalue weighted by Gasteiger charge is 2.29. The van der Waals surface area contributed by atoms with Crippen LogP contribution < -0.4 is 0 Å². The summed E-state index contributed by atoms with van der Waals surface area (Å²) in [5, 5.41) is 10.1. The van der Waals surface area contributed by atoms with Gasteiger partial charge in [0, 0.05) is 30.6 Å². The van der Waals surface area contributed by atoms with Crippen LogP contribution in [0.5, 0.6) is 0 Å². The van der Waals surface area contributed by atoms with Crippen molar-refractivity contribution in [2.45, 2.75) is 19.4 Å². The number of rotatable bonds is 5.